The SMILES string of the molecule is CC(=O)Nc1nnc(S(=O)(=O)Nc2ccccc2C(=O)NC2CCCCC2)s1. The number of sulfonamides is 1. The van der Waals surface area contributed by atoms with Crippen LogP contribution in [0.5, 0.6) is 0 Å². The Kier molecular flexibility index (Phi) is 6.25. The molecule has 1 saturated carbocycles. The molecule has 1 aromatic heterocycles. The number of hydrogen-bond acceptors (Lipinski definition) is 7. The number of rotatable bonds is 6. The van der Waals surface area contributed by atoms with Crippen molar-refractivity contribution in [3.05, 3.63) is 29.8 Å². The van der Waals surface area contributed by atoms with Crippen molar-refractivity contribution in [2.75, 3.05) is 10.0 Å². The number of benzene rings is 1. The van der Waals surface area contributed by atoms with Gasteiger partial charge in [-0.1, -0.05) is 42.7 Å². The molecule has 9 nitrogen and oxygen atoms in total. The maximum atomic E-state index is 12.7. The third-order valence-electron chi connectivity index (χ3n) is 4.28. The minimum absolute atomic E-state index is 0.0798. The van der Waals surface area contributed by atoms with Gasteiger partial charge in [0, 0.05) is 13.0 Å². The van der Waals surface area contributed by atoms with E-state index >= 15 is 0 Å². The van der Waals surface area contributed by atoms with Gasteiger partial charge in [-0.25, -0.2) is 0 Å². The molecule has 0 aliphatic heterocycles. The molecule has 0 radical (unpaired) electrons. The standard InChI is InChI=1S/C17H21N5O4S2/c1-11(23)18-16-20-21-17(27-16)28(25,26)22-14-10-6-5-9-13(14)15(24)19-12-7-3-2-4-8-12/h5-6,9-10,12,22H,2-4,7-8H2,1H3,(H,19,24)(H,18,20,23). The number of nitrogens with one attached hydrogen (secondary N) is 3. The van der Waals surface area contributed by atoms with Crippen LogP contribution in [0, 0.1) is 0 Å². The van der Waals surface area contributed by atoms with E-state index in [2.05, 4.69) is 25.6 Å². The predicted molar refractivity (Wildman–Crippen MR) is 106 cm³/mol. The van der Waals surface area contributed by atoms with E-state index in [0.717, 1.165) is 37.0 Å². The van der Waals surface area contributed by atoms with Crippen molar-refractivity contribution in [1.29, 1.82) is 0 Å². The van der Waals surface area contributed by atoms with Crippen LogP contribution < -0.4 is 15.4 Å². The van der Waals surface area contributed by atoms with Crippen LogP contribution in [0.3, 0.4) is 0 Å². The fourth-order valence-electron chi connectivity index (χ4n) is 2.99. The molecule has 3 N–H and O–H groups in total. The van der Waals surface area contributed by atoms with Crippen LogP contribution in [-0.2, 0) is 14.8 Å². The highest BCUT2D eigenvalue weighted by Gasteiger charge is 2.24. The lowest BCUT2D eigenvalue weighted by Crippen LogP contribution is -2.36. The maximum Gasteiger partial charge on any atom is 0.291 e. The summed E-state index contributed by atoms with van der Waals surface area (Å²) in [5, 5.41) is 12.7. The summed E-state index contributed by atoms with van der Waals surface area (Å²) < 4.78 is 27.3. The molecule has 1 heterocycles. The van der Waals surface area contributed by atoms with Gasteiger partial charge in [0.05, 0.1) is 11.3 Å². The lowest BCUT2D eigenvalue weighted by Gasteiger charge is -2.23. The topological polar surface area (TPSA) is 130 Å². The van der Waals surface area contributed by atoms with Gasteiger partial charge in [-0.2, -0.15) is 8.42 Å². The van der Waals surface area contributed by atoms with Crippen LogP contribution in [0.1, 0.15) is 49.4 Å². The van der Waals surface area contributed by atoms with Gasteiger partial charge in [-0.15, -0.1) is 10.2 Å². The summed E-state index contributed by atoms with van der Waals surface area (Å²) in [5.41, 5.74) is 0.398. The Bertz CT molecular complexity index is 967. The highest BCUT2D eigenvalue weighted by atomic mass is 32.2. The maximum absolute atomic E-state index is 12.7. The van der Waals surface area contributed by atoms with Crippen LogP contribution in [0.25, 0.3) is 0 Å². The summed E-state index contributed by atoms with van der Waals surface area (Å²) in [6.07, 6.45) is 5.18. The van der Waals surface area contributed by atoms with E-state index < -0.39 is 10.0 Å². The average molecular weight is 424 g/mol. The minimum Gasteiger partial charge on any atom is -0.349 e. The average Bonchev–Trinajstić information content (AvgIpc) is 3.11. The Morgan fingerprint density at radius 2 is 1.82 bits per heavy atom. The summed E-state index contributed by atoms with van der Waals surface area (Å²) in [6.45, 7) is 1.29. The third kappa shape index (κ3) is 5.04. The van der Waals surface area contributed by atoms with Gasteiger partial charge in [0.25, 0.3) is 20.3 Å². The zero-order valence-electron chi connectivity index (χ0n) is 15.3. The summed E-state index contributed by atoms with van der Waals surface area (Å²) >= 11 is 0.725. The highest BCUT2D eigenvalue weighted by Crippen LogP contribution is 2.25. The van der Waals surface area contributed by atoms with Gasteiger partial charge in [-0.05, 0) is 25.0 Å². The molecule has 1 aliphatic carbocycles. The molecule has 0 saturated heterocycles. The van der Waals surface area contributed by atoms with E-state index in [9.17, 15) is 18.0 Å². The fourth-order valence-corrected chi connectivity index (χ4v) is 5.02. The first-order valence-electron chi connectivity index (χ1n) is 8.89. The number of nitrogens with zero attached hydrogens (tertiary/aromatic N) is 2. The van der Waals surface area contributed by atoms with Crippen molar-refractivity contribution in [3.8, 4) is 0 Å². The van der Waals surface area contributed by atoms with Gasteiger partial charge < -0.3 is 10.6 Å². The quantitative estimate of drug-likeness (QED) is 0.612. The predicted octanol–water partition coefficient (Wildman–Crippen LogP) is 2.36. The zero-order valence-corrected chi connectivity index (χ0v) is 16.9. The zero-order chi connectivity index (χ0) is 20.1. The minimum atomic E-state index is -4.05. The van der Waals surface area contributed by atoms with Crippen molar-refractivity contribution in [2.45, 2.75) is 49.4 Å². The Morgan fingerprint density at radius 1 is 1.11 bits per heavy atom. The second-order valence-electron chi connectivity index (χ2n) is 6.51. The molecule has 0 spiro atoms. The molecule has 1 aliphatic rings. The molecule has 2 amide bonds. The lowest BCUT2D eigenvalue weighted by atomic mass is 9.95. The van der Waals surface area contributed by atoms with Crippen molar-refractivity contribution in [3.63, 3.8) is 0 Å². The number of carbonyl (C=O) groups excluding carboxylic acids is 2. The molecule has 2 aromatic rings. The van der Waals surface area contributed by atoms with Crippen LogP contribution in [0.2, 0.25) is 0 Å². The Morgan fingerprint density at radius 3 is 2.54 bits per heavy atom. The van der Waals surface area contributed by atoms with E-state index in [1.54, 1.807) is 18.2 Å². The first-order chi connectivity index (χ1) is 13.3. The highest BCUT2D eigenvalue weighted by molar-refractivity contribution is 7.94. The summed E-state index contributed by atoms with van der Waals surface area (Å²) in [4.78, 5) is 23.7. The Balaban J connectivity index is 1.77. The van der Waals surface area contributed by atoms with E-state index in [4.69, 9.17) is 0 Å². The first kappa shape index (κ1) is 20.2. The van der Waals surface area contributed by atoms with Crippen molar-refractivity contribution >= 4 is 44.0 Å². The summed E-state index contributed by atoms with van der Waals surface area (Å²) in [7, 11) is -4.05. The van der Waals surface area contributed by atoms with Crippen molar-refractivity contribution < 1.29 is 18.0 Å². The molecule has 28 heavy (non-hydrogen) atoms. The summed E-state index contributed by atoms with van der Waals surface area (Å²) in [5.74, 6) is -0.695. The van der Waals surface area contributed by atoms with Crippen LogP contribution in [0.4, 0.5) is 10.8 Å². The molecular formula is C17H21N5O4S2. The molecule has 1 aromatic carbocycles. The molecule has 3 rings (SSSR count). The number of hydrogen-bond donors (Lipinski definition) is 3. The van der Waals surface area contributed by atoms with Crippen LogP contribution in [-0.4, -0.2) is 36.5 Å². The number of carbonyl (C=O) groups is 2. The number of para-hydroxylation sites is 1. The second-order valence-corrected chi connectivity index (χ2v) is 9.35. The van der Waals surface area contributed by atoms with Crippen LogP contribution >= 0.6 is 11.3 Å². The number of aromatic nitrogens is 2. The lowest BCUT2D eigenvalue weighted by molar-refractivity contribution is -0.114. The molecule has 1 fully saturated rings. The number of anilines is 2. The Hall–Kier alpha value is -2.53. The van der Waals surface area contributed by atoms with Crippen LogP contribution in [0.15, 0.2) is 28.6 Å². The van der Waals surface area contributed by atoms with E-state index in [0.29, 0.717) is 0 Å². The van der Waals surface area contributed by atoms with Gasteiger partial charge in [0.15, 0.2) is 0 Å². The van der Waals surface area contributed by atoms with Gasteiger partial charge in [0.1, 0.15) is 0 Å². The molecule has 11 heteroatoms. The molecular weight excluding hydrogens is 402 g/mol. The monoisotopic (exact) mass is 423 g/mol. The van der Waals surface area contributed by atoms with Gasteiger partial charge in [0.2, 0.25) is 11.0 Å². The van der Waals surface area contributed by atoms with Gasteiger partial charge >= 0.3 is 0 Å². The smallest absolute Gasteiger partial charge is 0.291 e. The van der Waals surface area contributed by atoms with E-state index in [1.165, 1.54) is 19.4 Å². The number of amides is 2. The molecule has 150 valence electrons. The van der Waals surface area contributed by atoms with E-state index in [1.807, 2.05) is 0 Å². The molecule has 0 bridgehead atoms. The van der Waals surface area contributed by atoms with Crippen molar-refractivity contribution in [2.24, 2.45) is 0 Å². The molecule has 0 atom stereocenters. The second kappa shape index (κ2) is 8.65. The van der Waals surface area contributed by atoms with Crippen molar-refractivity contribution in [1.82, 2.24) is 15.5 Å². The molecule has 0 unspecified atom stereocenters. The van der Waals surface area contributed by atoms with Gasteiger partial charge in [-0.3, -0.25) is 14.3 Å². The normalized spacial score (nSPS) is 15.0. The fraction of sp³-hybridized carbons (Fsp3) is 0.412. The Labute approximate surface area is 167 Å². The third-order valence-corrected chi connectivity index (χ3v) is 6.85. The largest absolute Gasteiger partial charge is 0.349 e. The summed E-state index contributed by atoms with van der Waals surface area (Å²) in [6, 6.07) is 6.50. The van der Waals surface area contributed by atoms with E-state index in [-0.39, 0.29) is 38.6 Å². The first-order valence-corrected chi connectivity index (χ1v) is 11.2.